The predicted molar refractivity (Wildman–Crippen MR) is 115 cm³/mol. The van der Waals surface area contributed by atoms with Gasteiger partial charge in [0.2, 0.25) is 11.8 Å². The first-order valence-corrected chi connectivity index (χ1v) is 12.0. The molecule has 5 heteroatoms. The van der Waals surface area contributed by atoms with Gasteiger partial charge in [-0.3, -0.25) is 9.59 Å². The summed E-state index contributed by atoms with van der Waals surface area (Å²) in [5.74, 6) is 1.88. The van der Waals surface area contributed by atoms with Crippen molar-refractivity contribution in [3.05, 3.63) is 29.8 Å². The molecule has 1 N–H and O–H groups in total. The highest BCUT2D eigenvalue weighted by Gasteiger charge is 2.45. The number of piperidine rings is 1. The summed E-state index contributed by atoms with van der Waals surface area (Å²) in [5, 5.41) is 3.15. The van der Waals surface area contributed by atoms with E-state index in [0.717, 1.165) is 69.3 Å². The van der Waals surface area contributed by atoms with E-state index in [0.29, 0.717) is 18.4 Å². The van der Waals surface area contributed by atoms with Crippen LogP contribution in [0.2, 0.25) is 0 Å². The summed E-state index contributed by atoms with van der Waals surface area (Å²) in [7, 11) is 0. The molecule has 2 amide bonds. The number of carbonyl (C=O) groups is 2. The van der Waals surface area contributed by atoms with Crippen molar-refractivity contribution in [2.75, 3.05) is 13.1 Å². The van der Waals surface area contributed by atoms with Crippen molar-refractivity contribution in [2.45, 2.75) is 88.2 Å². The average Bonchev–Trinajstić information content (AvgIpc) is 3.58. The highest BCUT2D eigenvalue weighted by atomic mass is 16.5. The summed E-state index contributed by atoms with van der Waals surface area (Å²) in [6.07, 6.45) is 11.1. The maximum atomic E-state index is 13.0. The summed E-state index contributed by atoms with van der Waals surface area (Å²) in [5.41, 5.74) is 0.914. The van der Waals surface area contributed by atoms with Crippen LogP contribution in [0.15, 0.2) is 24.3 Å². The SMILES string of the molecule is O=C(C[C@@H]1CC2(CCN(C(=O)C3CCCCC3)CC2)Oc2ccccc21)NC1CC1. The van der Waals surface area contributed by atoms with Crippen molar-refractivity contribution in [2.24, 2.45) is 5.92 Å². The fourth-order valence-electron chi connectivity index (χ4n) is 5.71. The molecule has 3 fully saturated rings. The van der Waals surface area contributed by atoms with E-state index in [4.69, 9.17) is 4.74 Å². The molecule has 5 nitrogen and oxygen atoms in total. The maximum absolute atomic E-state index is 13.0. The number of fused-ring (bicyclic) bond motifs is 1. The van der Waals surface area contributed by atoms with Crippen LogP contribution >= 0.6 is 0 Å². The molecular weight excluding hydrogens is 376 g/mol. The number of rotatable bonds is 4. The van der Waals surface area contributed by atoms with Gasteiger partial charge < -0.3 is 15.0 Å². The van der Waals surface area contributed by atoms with Gasteiger partial charge in [-0.05, 0) is 43.7 Å². The molecule has 1 atom stereocenters. The van der Waals surface area contributed by atoms with Crippen molar-refractivity contribution < 1.29 is 14.3 Å². The molecule has 162 valence electrons. The summed E-state index contributed by atoms with van der Waals surface area (Å²) in [4.78, 5) is 27.6. The Morgan fingerprint density at radius 2 is 1.77 bits per heavy atom. The van der Waals surface area contributed by atoms with Gasteiger partial charge in [0.1, 0.15) is 11.4 Å². The highest BCUT2D eigenvalue weighted by Crippen LogP contribution is 2.46. The lowest BCUT2D eigenvalue weighted by Gasteiger charge is -2.47. The number of amides is 2. The van der Waals surface area contributed by atoms with Crippen molar-refractivity contribution in [1.29, 1.82) is 0 Å². The van der Waals surface area contributed by atoms with Crippen LogP contribution in [0.1, 0.15) is 82.1 Å². The van der Waals surface area contributed by atoms with Crippen LogP contribution in [-0.4, -0.2) is 41.4 Å². The minimum absolute atomic E-state index is 0.166. The van der Waals surface area contributed by atoms with E-state index in [1.165, 1.54) is 19.3 Å². The second-order valence-electron chi connectivity index (χ2n) is 9.93. The third-order valence-electron chi connectivity index (χ3n) is 7.62. The number of benzene rings is 1. The lowest BCUT2D eigenvalue weighted by molar-refractivity contribution is -0.140. The Morgan fingerprint density at radius 3 is 2.50 bits per heavy atom. The number of likely N-dealkylation sites (tertiary alicyclic amines) is 1. The van der Waals surface area contributed by atoms with Crippen LogP contribution in [0, 0.1) is 5.92 Å². The molecule has 1 aromatic rings. The Kier molecular flexibility index (Phi) is 5.46. The van der Waals surface area contributed by atoms with E-state index in [-0.39, 0.29) is 23.3 Å². The van der Waals surface area contributed by atoms with E-state index in [9.17, 15) is 9.59 Å². The van der Waals surface area contributed by atoms with Crippen molar-refractivity contribution in [3.63, 3.8) is 0 Å². The molecule has 2 saturated carbocycles. The molecule has 2 aliphatic heterocycles. The normalized spacial score (nSPS) is 26.0. The summed E-state index contributed by atoms with van der Waals surface area (Å²) >= 11 is 0. The monoisotopic (exact) mass is 410 g/mol. The smallest absolute Gasteiger partial charge is 0.225 e. The number of nitrogens with one attached hydrogen (secondary N) is 1. The van der Waals surface area contributed by atoms with Crippen LogP contribution in [0.25, 0.3) is 0 Å². The highest BCUT2D eigenvalue weighted by molar-refractivity contribution is 5.79. The zero-order valence-electron chi connectivity index (χ0n) is 17.9. The van der Waals surface area contributed by atoms with Crippen LogP contribution in [0.4, 0.5) is 0 Å². The minimum Gasteiger partial charge on any atom is -0.487 e. The topological polar surface area (TPSA) is 58.6 Å². The van der Waals surface area contributed by atoms with Crippen LogP contribution < -0.4 is 10.1 Å². The van der Waals surface area contributed by atoms with Gasteiger partial charge in [-0.25, -0.2) is 0 Å². The molecule has 0 aromatic heterocycles. The van der Waals surface area contributed by atoms with E-state index in [2.05, 4.69) is 16.3 Å². The summed E-state index contributed by atoms with van der Waals surface area (Å²) in [6, 6.07) is 8.61. The molecule has 0 unspecified atom stereocenters. The second kappa shape index (κ2) is 8.24. The quantitative estimate of drug-likeness (QED) is 0.811. The third-order valence-corrected chi connectivity index (χ3v) is 7.62. The average molecular weight is 411 g/mol. The van der Waals surface area contributed by atoms with Gasteiger partial charge in [-0.2, -0.15) is 0 Å². The molecular formula is C25H34N2O3. The number of hydrogen-bond donors (Lipinski definition) is 1. The van der Waals surface area contributed by atoms with Crippen LogP contribution in [-0.2, 0) is 9.59 Å². The Labute approximate surface area is 179 Å². The Balaban J connectivity index is 1.26. The van der Waals surface area contributed by atoms with Crippen LogP contribution in [0.3, 0.4) is 0 Å². The van der Waals surface area contributed by atoms with E-state index < -0.39 is 0 Å². The fourth-order valence-corrected chi connectivity index (χ4v) is 5.71. The van der Waals surface area contributed by atoms with E-state index >= 15 is 0 Å². The summed E-state index contributed by atoms with van der Waals surface area (Å²) in [6.45, 7) is 1.55. The van der Waals surface area contributed by atoms with E-state index in [1.54, 1.807) is 0 Å². The lowest BCUT2D eigenvalue weighted by atomic mass is 9.76. The van der Waals surface area contributed by atoms with Gasteiger partial charge in [-0.1, -0.05) is 37.5 Å². The number of nitrogens with zero attached hydrogens (tertiary/aromatic N) is 1. The Hall–Kier alpha value is -2.04. The standard InChI is InChI=1S/C25H34N2O3/c28-23(26-20-10-11-20)16-19-17-25(30-22-9-5-4-8-21(19)22)12-14-27(15-13-25)24(29)18-6-2-1-3-7-18/h4-5,8-9,18-20H,1-3,6-7,10-17H2,(H,26,28)/t19-/m1/s1. The van der Waals surface area contributed by atoms with Gasteiger partial charge in [0.25, 0.3) is 0 Å². The number of hydrogen-bond acceptors (Lipinski definition) is 3. The zero-order valence-corrected chi connectivity index (χ0v) is 17.9. The molecule has 0 bridgehead atoms. The largest absolute Gasteiger partial charge is 0.487 e. The number of para-hydroxylation sites is 1. The van der Waals surface area contributed by atoms with Crippen LogP contribution in [0.5, 0.6) is 5.75 Å². The van der Waals surface area contributed by atoms with Crippen molar-refractivity contribution in [1.82, 2.24) is 10.2 Å². The Morgan fingerprint density at radius 1 is 1.03 bits per heavy atom. The minimum atomic E-state index is -0.248. The molecule has 2 heterocycles. The van der Waals surface area contributed by atoms with Gasteiger partial charge in [0, 0.05) is 50.2 Å². The third kappa shape index (κ3) is 4.21. The molecule has 1 saturated heterocycles. The number of ether oxygens (including phenoxy) is 1. The van der Waals surface area contributed by atoms with E-state index in [1.807, 2.05) is 18.2 Å². The van der Waals surface area contributed by atoms with Gasteiger partial charge >= 0.3 is 0 Å². The second-order valence-corrected chi connectivity index (χ2v) is 9.93. The first kappa shape index (κ1) is 19.9. The summed E-state index contributed by atoms with van der Waals surface area (Å²) < 4.78 is 6.57. The van der Waals surface area contributed by atoms with Crippen molar-refractivity contribution in [3.8, 4) is 5.75 Å². The maximum Gasteiger partial charge on any atom is 0.225 e. The Bertz CT molecular complexity index is 789. The molecule has 4 aliphatic rings. The van der Waals surface area contributed by atoms with Crippen molar-refractivity contribution >= 4 is 11.8 Å². The first-order chi connectivity index (χ1) is 14.6. The first-order valence-electron chi connectivity index (χ1n) is 12.0. The number of carbonyl (C=O) groups excluding carboxylic acids is 2. The predicted octanol–water partition coefficient (Wildman–Crippen LogP) is 4.16. The van der Waals surface area contributed by atoms with Gasteiger partial charge in [-0.15, -0.1) is 0 Å². The fraction of sp³-hybridized carbons (Fsp3) is 0.680. The molecule has 2 aliphatic carbocycles. The molecule has 5 rings (SSSR count). The van der Waals surface area contributed by atoms with Gasteiger partial charge in [0.15, 0.2) is 0 Å². The lowest BCUT2D eigenvalue weighted by Crippen LogP contribution is -2.53. The molecule has 0 radical (unpaired) electrons. The van der Waals surface area contributed by atoms with Gasteiger partial charge in [0.05, 0.1) is 0 Å². The molecule has 30 heavy (non-hydrogen) atoms. The zero-order chi connectivity index (χ0) is 20.6. The molecule has 1 aromatic carbocycles. The molecule has 1 spiro atoms.